The number of fused-ring (bicyclic) bond motifs is 1. The van der Waals surface area contributed by atoms with Crippen LogP contribution in [0.5, 0.6) is 0 Å². The Morgan fingerprint density at radius 2 is 1.77 bits per heavy atom. The van der Waals surface area contributed by atoms with Crippen LogP contribution in [0.3, 0.4) is 0 Å². The van der Waals surface area contributed by atoms with Crippen molar-refractivity contribution in [2.75, 3.05) is 0 Å². The first kappa shape index (κ1) is 15.8. The van der Waals surface area contributed by atoms with Crippen LogP contribution >= 0.6 is 0 Å². The molecule has 22 heavy (non-hydrogen) atoms. The highest BCUT2D eigenvalue weighted by Crippen LogP contribution is 2.53. The lowest BCUT2D eigenvalue weighted by Gasteiger charge is -2.34. The summed E-state index contributed by atoms with van der Waals surface area (Å²) >= 11 is 0. The van der Waals surface area contributed by atoms with Crippen LogP contribution in [0.1, 0.15) is 56.6 Å². The van der Waals surface area contributed by atoms with Gasteiger partial charge < -0.3 is 0 Å². The van der Waals surface area contributed by atoms with Crippen molar-refractivity contribution in [1.82, 2.24) is 0 Å². The van der Waals surface area contributed by atoms with Crippen molar-refractivity contribution in [3.05, 3.63) is 34.9 Å². The van der Waals surface area contributed by atoms with Gasteiger partial charge in [0.15, 0.2) is 11.6 Å². The van der Waals surface area contributed by atoms with E-state index in [2.05, 4.69) is 6.92 Å². The molecule has 1 fully saturated rings. The van der Waals surface area contributed by atoms with E-state index in [0.29, 0.717) is 5.92 Å². The van der Waals surface area contributed by atoms with Gasteiger partial charge in [-0.25, -0.2) is 17.6 Å². The predicted octanol–water partition coefficient (Wildman–Crippen LogP) is 5.84. The average Bonchev–Trinajstić information content (AvgIpc) is 2.76. The van der Waals surface area contributed by atoms with Crippen molar-refractivity contribution < 1.29 is 17.6 Å². The van der Waals surface area contributed by atoms with Gasteiger partial charge in [0.1, 0.15) is 0 Å². The molecule has 3 rings (SSSR count). The van der Waals surface area contributed by atoms with Crippen LogP contribution in [0.4, 0.5) is 17.6 Å². The normalized spacial score (nSPS) is 30.3. The molecule has 1 aromatic rings. The maximum Gasteiger partial charge on any atom is 0.279 e. The third-order valence-corrected chi connectivity index (χ3v) is 5.58. The Kier molecular flexibility index (Phi) is 4.21. The standard InChI is InChI=1S/C18H22F4/c1-2-3-11-4-6-12(7-5-11)14-10-13-8-9-15(19)17(20)16(13)18(14,21)22/h8-9,11-12,14H,2-7,10H2,1H3/t11-,12-,14?. The van der Waals surface area contributed by atoms with E-state index in [1.807, 2.05) is 0 Å². The number of halogens is 4. The van der Waals surface area contributed by atoms with Crippen molar-refractivity contribution in [1.29, 1.82) is 0 Å². The molecule has 0 aromatic heterocycles. The second-order valence-corrected chi connectivity index (χ2v) is 6.90. The number of alkyl halides is 2. The number of hydrogen-bond acceptors (Lipinski definition) is 0. The monoisotopic (exact) mass is 314 g/mol. The van der Waals surface area contributed by atoms with Crippen molar-refractivity contribution in [3.8, 4) is 0 Å². The molecule has 1 atom stereocenters. The van der Waals surface area contributed by atoms with E-state index in [1.165, 1.54) is 6.07 Å². The number of benzene rings is 1. The molecule has 4 heteroatoms. The highest BCUT2D eigenvalue weighted by molar-refractivity contribution is 5.39. The molecule has 0 saturated heterocycles. The summed E-state index contributed by atoms with van der Waals surface area (Å²) in [5, 5.41) is 0. The molecule has 0 N–H and O–H groups in total. The van der Waals surface area contributed by atoms with Gasteiger partial charge in [-0.3, -0.25) is 0 Å². The minimum absolute atomic E-state index is 0.0852. The summed E-state index contributed by atoms with van der Waals surface area (Å²) in [5.74, 6) is -6.09. The lowest BCUT2D eigenvalue weighted by molar-refractivity contribution is -0.0843. The van der Waals surface area contributed by atoms with Crippen LogP contribution in [0.2, 0.25) is 0 Å². The fourth-order valence-electron chi connectivity index (χ4n) is 4.42. The van der Waals surface area contributed by atoms with Gasteiger partial charge in [-0.15, -0.1) is 0 Å². The minimum Gasteiger partial charge on any atom is -0.204 e. The van der Waals surface area contributed by atoms with Crippen LogP contribution in [0.15, 0.2) is 12.1 Å². The summed E-state index contributed by atoms with van der Waals surface area (Å²) in [6, 6.07) is 2.29. The van der Waals surface area contributed by atoms with Gasteiger partial charge in [0, 0.05) is 5.92 Å². The fourth-order valence-corrected chi connectivity index (χ4v) is 4.42. The van der Waals surface area contributed by atoms with Crippen molar-refractivity contribution >= 4 is 0 Å². The van der Waals surface area contributed by atoms with E-state index < -0.39 is 29.0 Å². The Hall–Kier alpha value is -1.06. The Morgan fingerprint density at radius 3 is 2.41 bits per heavy atom. The van der Waals surface area contributed by atoms with Crippen LogP contribution in [-0.4, -0.2) is 0 Å². The molecule has 0 radical (unpaired) electrons. The topological polar surface area (TPSA) is 0 Å². The molecule has 0 amide bonds. The zero-order valence-corrected chi connectivity index (χ0v) is 12.8. The Bertz CT molecular complexity index is 544. The van der Waals surface area contributed by atoms with Crippen LogP contribution < -0.4 is 0 Å². The van der Waals surface area contributed by atoms with Crippen molar-refractivity contribution in [2.24, 2.45) is 17.8 Å². The second kappa shape index (κ2) is 5.86. The average molecular weight is 314 g/mol. The highest BCUT2D eigenvalue weighted by atomic mass is 19.3. The van der Waals surface area contributed by atoms with E-state index in [0.717, 1.165) is 44.6 Å². The van der Waals surface area contributed by atoms with Gasteiger partial charge in [-0.1, -0.05) is 38.7 Å². The zero-order valence-electron chi connectivity index (χ0n) is 12.8. The summed E-state index contributed by atoms with van der Waals surface area (Å²) in [6.07, 6.45) is 5.99. The molecule has 0 aliphatic heterocycles. The zero-order chi connectivity index (χ0) is 15.9. The minimum atomic E-state index is -3.25. The van der Waals surface area contributed by atoms with Gasteiger partial charge in [-0.05, 0) is 42.7 Å². The maximum atomic E-state index is 14.7. The molecule has 1 unspecified atom stereocenters. The number of hydrogen-bond donors (Lipinski definition) is 0. The quantitative estimate of drug-likeness (QED) is 0.615. The van der Waals surface area contributed by atoms with Gasteiger partial charge in [0.05, 0.1) is 5.56 Å². The molecule has 1 aromatic carbocycles. The molecule has 2 aliphatic rings. The third-order valence-electron chi connectivity index (χ3n) is 5.58. The van der Waals surface area contributed by atoms with Crippen LogP contribution in [0.25, 0.3) is 0 Å². The molecular formula is C18H22F4. The lowest BCUT2D eigenvalue weighted by atomic mass is 9.73. The highest BCUT2D eigenvalue weighted by Gasteiger charge is 2.53. The van der Waals surface area contributed by atoms with Crippen molar-refractivity contribution in [2.45, 2.75) is 57.8 Å². The molecular weight excluding hydrogens is 292 g/mol. The summed E-state index contributed by atoms with van der Waals surface area (Å²) in [7, 11) is 0. The summed E-state index contributed by atoms with van der Waals surface area (Å²) in [6.45, 7) is 2.14. The maximum absolute atomic E-state index is 14.7. The second-order valence-electron chi connectivity index (χ2n) is 6.90. The SMILES string of the molecule is CCC[C@H]1CC[C@H](C2Cc3ccc(F)c(F)c3C2(F)F)CC1. The first-order valence-corrected chi connectivity index (χ1v) is 8.30. The smallest absolute Gasteiger partial charge is 0.204 e. The van der Waals surface area contributed by atoms with E-state index in [9.17, 15) is 17.6 Å². The first-order valence-electron chi connectivity index (χ1n) is 8.30. The molecule has 1 saturated carbocycles. The molecule has 0 spiro atoms. The fraction of sp³-hybridized carbons (Fsp3) is 0.667. The van der Waals surface area contributed by atoms with E-state index in [4.69, 9.17) is 0 Å². The molecule has 0 bridgehead atoms. The first-order chi connectivity index (χ1) is 10.4. The van der Waals surface area contributed by atoms with E-state index in [-0.39, 0.29) is 17.9 Å². The van der Waals surface area contributed by atoms with Crippen LogP contribution in [0, 0.1) is 29.4 Å². The summed E-state index contributed by atoms with van der Waals surface area (Å²) in [4.78, 5) is 0. The molecule has 0 heterocycles. The van der Waals surface area contributed by atoms with Crippen molar-refractivity contribution in [3.63, 3.8) is 0 Å². The number of rotatable bonds is 3. The Labute approximate surface area is 128 Å². The Balaban J connectivity index is 1.79. The van der Waals surface area contributed by atoms with Gasteiger partial charge in [-0.2, -0.15) is 0 Å². The van der Waals surface area contributed by atoms with Gasteiger partial charge in [0.2, 0.25) is 0 Å². The van der Waals surface area contributed by atoms with Gasteiger partial charge in [0.25, 0.3) is 5.92 Å². The molecule has 122 valence electrons. The van der Waals surface area contributed by atoms with Crippen LogP contribution in [-0.2, 0) is 12.3 Å². The largest absolute Gasteiger partial charge is 0.279 e. The summed E-state index contributed by atoms with van der Waals surface area (Å²) < 4.78 is 56.5. The predicted molar refractivity (Wildman–Crippen MR) is 77.8 cm³/mol. The third kappa shape index (κ3) is 2.55. The Morgan fingerprint density at radius 1 is 1.09 bits per heavy atom. The molecule has 2 aliphatic carbocycles. The van der Waals surface area contributed by atoms with E-state index in [1.54, 1.807) is 0 Å². The lowest BCUT2D eigenvalue weighted by Crippen LogP contribution is -2.31. The van der Waals surface area contributed by atoms with E-state index >= 15 is 0 Å². The molecule has 0 nitrogen and oxygen atoms in total. The summed E-state index contributed by atoms with van der Waals surface area (Å²) in [5.41, 5.74) is -0.405. The van der Waals surface area contributed by atoms with Gasteiger partial charge >= 0.3 is 0 Å².